The predicted molar refractivity (Wildman–Crippen MR) is 73.2 cm³/mol. The van der Waals surface area contributed by atoms with E-state index in [0.717, 1.165) is 37.8 Å². The Morgan fingerprint density at radius 3 is 3.28 bits per heavy atom. The minimum Gasteiger partial charge on any atom is -0.337 e. The largest absolute Gasteiger partial charge is 0.337 e. The monoisotopic (exact) mass is 263 g/mol. The van der Waals surface area contributed by atoms with Gasteiger partial charge in [-0.2, -0.15) is 16.3 Å². The summed E-state index contributed by atoms with van der Waals surface area (Å²) in [4.78, 5) is 6.81. The molecule has 0 aromatic carbocycles. The molecule has 0 bridgehead atoms. The maximum atomic E-state index is 4.58. The van der Waals surface area contributed by atoms with Crippen LogP contribution in [0.3, 0.4) is 0 Å². The molecule has 1 aliphatic rings. The fourth-order valence-electron chi connectivity index (χ4n) is 2.21. The summed E-state index contributed by atoms with van der Waals surface area (Å²) < 4.78 is 0. The number of thiophene rings is 1. The highest BCUT2D eigenvalue weighted by Crippen LogP contribution is 2.13. The van der Waals surface area contributed by atoms with Crippen LogP contribution in [0.25, 0.3) is 0 Å². The van der Waals surface area contributed by atoms with Gasteiger partial charge in [-0.3, -0.25) is 5.10 Å². The molecule has 96 valence electrons. The fourth-order valence-corrected chi connectivity index (χ4v) is 2.87. The Hall–Kier alpha value is -1.40. The quantitative estimate of drug-likeness (QED) is 0.875. The molecular formula is C12H17N5S. The average molecular weight is 263 g/mol. The molecule has 2 aromatic rings. The van der Waals surface area contributed by atoms with Crippen LogP contribution in [0, 0.1) is 0 Å². The molecule has 1 atom stereocenters. The highest BCUT2D eigenvalue weighted by Gasteiger charge is 2.19. The van der Waals surface area contributed by atoms with Gasteiger partial charge in [-0.1, -0.05) is 0 Å². The van der Waals surface area contributed by atoms with Crippen LogP contribution in [0.4, 0.5) is 5.95 Å². The first-order valence-corrected chi connectivity index (χ1v) is 7.16. The molecule has 0 radical (unpaired) electrons. The Kier molecular flexibility index (Phi) is 3.29. The number of nitrogens with one attached hydrogen (secondary N) is 2. The van der Waals surface area contributed by atoms with Gasteiger partial charge in [-0.05, 0) is 29.3 Å². The molecular weight excluding hydrogens is 246 g/mol. The van der Waals surface area contributed by atoms with Crippen molar-refractivity contribution in [1.29, 1.82) is 0 Å². The van der Waals surface area contributed by atoms with Gasteiger partial charge in [0.15, 0.2) is 0 Å². The zero-order valence-corrected chi connectivity index (χ0v) is 11.2. The number of piperazine rings is 1. The van der Waals surface area contributed by atoms with Crippen LogP contribution >= 0.6 is 11.3 Å². The second-order valence-electron chi connectivity index (χ2n) is 4.69. The first-order chi connectivity index (χ1) is 8.81. The normalized spacial score (nSPS) is 20.3. The van der Waals surface area contributed by atoms with Crippen molar-refractivity contribution in [1.82, 2.24) is 20.5 Å². The van der Waals surface area contributed by atoms with E-state index < -0.39 is 0 Å². The van der Waals surface area contributed by atoms with Gasteiger partial charge in [0.25, 0.3) is 0 Å². The van der Waals surface area contributed by atoms with Gasteiger partial charge in [-0.15, -0.1) is 5.10 Å². The molecule has 2 aromatic heterocycles. The number of anilines is 1. The van der Waals surface area contributed by atoms with E-state index in [0.29, 0.717) is 6.04 Å². The summed E-state index contributed by atoms with van der Waals surface area (Å²) in [6.07, 6.45) is 0.831. The topological polar surface area (TPSA) is 56.8 Å². The van der Waals surface area contributed by atoms with Crippen LogP contribution in [-0.2, 0) is 6.42 Å². The second kappa shape index (κ2) is 5.07. The van der Waals surface area contributed by atoms with Gasteiger partial charge in [0.2, 0.25) is 5.95 Å². The molecule has 3 rings (SSSR count). The Bertz CT molecular complexity index is 492. The van der Waals surface area contributed by atoms with E-state index in [1.165, 1.54) is 5.56 Å². The third kappa shape index (κ3) is 2.54. The van der Waals surface area contributed by atoms with Crippen LogP contribution in [-0.4, -0.2) is 40.9 Å². The summed E-state index contributed by atoms with van der Waals surface area (Å²) in [5, 5.41) is 15.0. The van der Waals surface area contributed by atoms with Crippen molar-refractivity contribution in [2.75, 3.05) is 24.5 Å². The predicted octanol–water partition coefficient (Wildman–Crippen LogP) is 1.26. The van der Waals surface area contributed by atoms with Crippen LogP contribution in [0.5, 0.6) is 0 Å². The SMILES string of the molecule is C[C@H]1CN(c2n[nH]c(Cc3ccsc3)n2)CCN1. The zero-order valence-electron chi connectivity index (χ0n) is 10.4. The lowest BCUT2D eigenvalue weighted by Crippen LogP contribution is -2.49. The molecule has 0 amide bonds. The molecule has 1 saturated heterocycles. The summed E-state index contributed by atoms with van der Waals surface area (Å²) in [6, 6.07) is 2.62. The van der Waals surface area contributed by atoms with E-state index in [9.17, 15) is 0 Å². The molecule has 0 saturated carbocycles. The van der Waals surface area contributed by atoms with Crippen LogP contribution in [0.1, 0.15) is 18.3 Å². The van der Waals surface area contributed by atoms with Gasteiger partial charge in [0.1, 0.15) is 5.82 Å². The number of hydrogen-bond donors (Lipinski definition) is 2. The molecule has 0 aliphatic carbocycles. The van der Waals surface area contributed by atoms with Crippen molar-refractivity contribution in [3.05, 3.63) is 28.2 Å². The fraction of sp³-hybridized carbons (Fsp3) is 0.500. The highest BCUT2D eigenvalue weighted by molar-refractivity contribution is 7.07. The standard InChI is InChI=1S/C12H17N5S/c1-9-7-17(4-3-13-9)12-14-11(15-16-12)6-10-2-5-18-8-10/h2,5,8-9,13H,3-4,6-7H2,1H3,(H,14,15,16)/t9-/m0/s1. The Labute approximate surface area is 110 Å². The molecule has 2 N–H and O–H groups in total. The number of rotatable bonds is 3. The molecule has 5 nitrogen and oxygen atoms in total. The van der Waals surface area contributed by atoms with Crippen molar-refractivity contribution < 1.29 is 0 Å². The average Bonchev–Trinajstić information content (AvgIpc) is 3.01. The Morgan fingerprint density at radius 2 is 2.50 bits per heavy atom. The lowest BCUT2D eigenvalue weighted by molar-refractivity contribution is 0.480. The first-order valence-electron chi connectivity index (χ1n) is 6.22. The van der Waals surface area contributed by atoms with Crippen LogP contribution < -0.4 is 10.2 Å². The third-order valence-electron chi connectivity index (χ3n) is 3.12. The minimum absolute atomic E-state index is 0.498. The van der Waals surface area contributed by atoms with E-state index in [1.54, 1.807) is 11.3 Å². The molecule has 6 heteroatoms. The van der Waals surface area contributed by atoms with Crippen LogP contribution in [0.2, 0.25) is 0 Å². The Morgan fingerprint density at radius 1 is 1.56 bits per heavy atom. The third-order valence-corrected chi connectivity index (χ3v) is 3.86. The number of nitrogens with zero attached hydrogens (tertiary/aromatic N) is 3. The van der Waals surface area contributed by atoms with Crippen molar-refractivity contribution in [2.24, 2.45) is 0 Å². The summed E-state index contributed by atoms with van der Waals surface area (Å²) in [5.74, 6) is 1.77. The molecule has 0 unspecified atom stereocenters. The summed E-state index contributed by atoms with van der Waals surface area (Å²) in [7, 11) is 0. The van der Waals surface area contributed by atoms with Gasteiger partial charge in [0, 0.05) is 32.1 Å². The Balaban J connectivity index is 1.69. The smallest absolute Gasteiger partial charge is 0.244 e. The van der Waals surface area contributed by atoms with Crippen LogP contribution in [0.15, 0.2) is 16.8 Å². The zero-order chi connectivity index (χ0) is 12.4. The lowest BCUT2D eigenvalue weighted by atomic mass is 10.2. The maximum absolute atomic E-state index is 4.58. The first kappa shape index (κ1) is 11.7. The second-order valence-corrected chi connectivity index (χ2v) is 5.47. The highest BCUT2D eigenvalue weighted by atomic mass is 32.1. The number of hydrogen-bond acceptors (Lipinski definition) is 5. The maximum Gasteiger partial charge on any atom is 0.244 e. The van der Waals surface area contributed by atoms with Gasteiger partial charge in [-0.25, -0.2) is 0 Å². The summed E-state index contributed by atoms with van der Waals surface area (Å²) in [6.45, 7) is 5.12. The number of H-pyrrole nitrogens is 1. The minimum atomic E-state index is 0.498. The van der Waals surface area contributed by atoms with Crippen molar-refractivity contribution in [3.63, 3.8) is 0 Å². The van der Waals surface area contributed by atoms with E-state index in [-0.39, 0.29) is 0 Å². The molecule has 0 spiro atoms. The summed E-state index contributed by atoms with van der Waals surface area (Å²) >= 11 is 1.71. The number of aromatic amines is 1. The van der Waals surface area contributed by atoms with E-state index in [2.05, 4.69) is 49.1 Å². The van der Waals surface area contributed by atoms with Crippen molar-refractivity contribution in [3.8, 4) is 0 Å². The van der Waals surface area contributed by atoms with Gasteiger partial charge in [0.05, 0.1) is 0 Å². The van der Waals surface area contributed by atoms with E-state index in [1.807, 2.05) is 0 Å². The lowest BCUT2D eigenvalue weighted by Gasteiger charge is -2.30. The van der Waals surface area contributed by atoms with Gasteiger partial charge < -0.3 is 10.2 Å². The van der Waals surface area contributed by atoms with Crippen molar-refractivity contribution >= 4 is 17.3 Å². The van der Waals surface area contributed by atoms with Gasteiger partial charge >= 0.3 is 0 Å². The molecule has 1 aliphatic heterocycles. The number of aromatic nitrogens is 3. The molecule has 18 heavy (non-hydrogen) atoms. The molecule has 3 heterocycles. The summed E-state index contributed by atoms with van der Waals surface area (Å²) in [5.41, 5.74) is 1.29. The molecule has 1 fully saturated rings. The van der Waals surface area contributed by atoms with E-state index >= 15 is 0 Å². The van der Waals surface area contributed by atoms with Crippen molar-refractivity contribution in [2.45, 2.75) is 19.4 Å². The van der Waals surface area contributed by atoms with E-state index in [4.69, 9.17) is 0 Å².